The van der Waals surface area contributed by atoms with Gasteiger partial charge in [-0.25, -0.2) is 0 Å². The Labute approximate surface area is 146 Å². The molecule has 2 heterocycles. The van der Waals surface area contributed by atoms with E-state index in [1.165, 1.54) is 10.9 Å². The molecular formula is C15H13BrClN5O. The van der Waals surface area contributed by atoms with E-state index >= 15 is 0 Å². The average Bonchev–Trinajstić information content (AvgIpc) is 3.08. The predicted octanol–water partition coefficient (Wildman–Crippen LogP) is 3.18. The first-order valence-electron chi connectivity index (χ1n) is 6.83. The maximum absolute atomic E-state index is 12.0. The quantitative estimate of drug-likeness (QED) is 0.723. The zero-order valence-electron chi connectivity index (χ0n) is 12.0. The van der Waals surface area contributed by atoms with Crippen LogP contribution >= 0.6 is 27.5 Å². The molecule has 0 fully saturated rings. The molecule has 0 aliphatic carbocycles. The van der Waals surface area contributed by atoms with E-state index in [-0.39, 0.29) is 12.5 Å². The second-order valence-corrected chi connectivity index (χ2v) is 6.31. The highest BCUT2D eigenvalue weighted by Gasteiger charge is 2.06. The van der Waals surface area contributed by atoms with Gasteiger partial charge in [-0.3, -0.25) is 14.2 Å². The monoisotopic (exact) mass is 393 g/mol. The van der Waals surface area contributed by atoms with Crippen LogP contribution in [0.1, 0.15) is 5.56 Å². The number of anilines is 1. The SMILES string of the molecule is O=C(Cn1cc(Cl)cn1)Nc1cccc(Cn2cc(Br)cn2)c1. The van der Waals surface area contributed by atoms with Crippen LogP contribution in [0.15, 0.2) is 53.5 Å². The number of benzene rings is 1. The van der Waals surface area contributed by atoms with E-state index in [1.807, 2.05) is 35.1 Å². The number of carbonyl (C=O) groups excluding carboxylic acids is 1. The Morgan fingerprint density at radius 3 is 2.74 bits per heavy atom. The molecule has 0 saturated heterocycles. The molecule has 118 valence electrons. The molecule has 8 heteroatoms. The summed E-state index contributed by atoms with van der Waals surface area (Å²) >= 11 is 9.14. The van der Waals surface area contributed by atoms with E-state index in [9.17, 15) is 4.79 Å². The second kappa shape index (κ2) is 6.97. The standard InChI is InChI=1S/C15H13BrClN5O/c16-12-5-18-21(8-12)7-11-2-1-3-14(4-11)20-15(23)10-22-9-13(17)6-19-22/h1-6,8-9H,7,10H2,(H,20,23). The lowest BCUT2D eigenvalue weighted by Crippen LogP contribution is -2.19. The van der Waals surface area contributed by atoms with Crippen molar-refractivity contribution < 1.29 is 4.79 Å². The first-order chi connectivity index (χ1) is 11.1. The Morgan fingerprint density at radius 2 is 2.04 bits per heavy atom. The first kappa shape index (κ1) is 15.8. The first-order valence-corrected chi connectivity index (χ1v) is 8.00. The fourth-order valence-electron chi connectivity index (χ4n) is 2.13. The van der Waals surface area contributed by atoms with Crippen molar-refractivity contribution in [3.8, 4) is 0 Å². The summed E-state index contributed by atoms with van der Waals surface area (Å²) in [6.45, 7) is 0.743. The molecule has 1 amide bonds. The molecule has 1 aromatic carbocycles. The molecule has 0 unspecified atom stereocenters. The van der Waals surface area contributed by atoms with Crippen molar-refractivity contribution in [1.82, 2.24) is 19.6 Å². The Kier molecular flexibility index (Phi) is 4.78. The van der Waals surface area contributed by atoms with Gasteiger partial charge in [0, 0.05) is 18.1 Å². The largest absolute Gasteiger partial charge is 0.324 e. The highest BCUT2D eigenvalue weighted by Crippen LogP contribution is 2.14. The minimum absolute atomic E-state index is 0.114. The third kappa shape index (κ3) is 4.43. The maximum atomic E-state index is 12.0. The zero-order valence-corrected chi connectivity index (χ0v) is 14.3. The fourth-order valence-corrected chi connectivity index (χ4v) is 2.62. The zero-order chi connectivity index (χ0) is 16.2. The normalized spacial score (nSPS) is 10.7. The molecule has 23 heavy (non-hydrogen) atoms. The van der Waals surface area contributed by atoms with Gasteiger partial charge in [0.25, 0.3) is 0 Å². The van der Waals surface area contributed by atoms with Gasteiger partial charge >= 0.3 is 0 Å². The van der Waals surface area contributed by atoms with Crippen molar-refractivity contribution in [3.05, 3.63) is 64.1 Å². The van der Waals surface area contributed by atoms with E-state index in [4.69, 9.17) is 11.6 Å². The number of nitrogens with zero attached hydrogens (tertiary/aromatic N) is 4. The molecule has 0 radical (unpaired) electrons. The highest BCUT2D eigenvalue weighted by atomic mass is 79.9. The highest BCUT2D eigenvalue weighted by molar-refractivity contribution is 9.10. The lowest BCUT2D eigenvalue weighted by Gasteiger charge is -2.08. The van der Waals surface area contributed by atoms with E-state index in [1.54, 1.807) is 12.4 Å². The third-order valence-corrected chi connectivity index (χ3v) is 3.67. The summed E-state index contributed by atoms with van der Waals surface area (Å²) in [5.41, 5.74) is 1.78. The smallest absolute Gasteiger partial charge is 0.246 e. The summed E-state index contributed by atoms with van der Waals surface area (Å²) in [6.07, 6.45) is 6.73. The summed E-state index contributed by atoms with van der Waals surface area (Å²) in [7, 11) is 0. The number of hydrogen-bond acceptors (Lipinski definition) is 3. The molecule has 3 aromatic rings. The molecule has 1 N–H and O–H groups in total. The number of hydrogen-bond donors (Lipinski definition) is 1. The van der Waals surface area contributed by atoms with Gasteiger partial charge in [0.1, 0.15) is 6.54 Å². The van der Waals surface area contributed by atoms with Gasteiger partial charge in [0.05, 0.1) is 28.4 Å². The van der Waals surface area contributed by atoms with Gasteiger partial charge in [-0.1, -0.05) is 23.7 Å². The average molecular weight is 395 g/mol. The van der Waals surface area contributed by atoms with Crippen LogP contribution in [0.3, 0.4) is 0 Å². The number of rotatable bonds is 5. The van der Waals surface area contributed by atoms with Crippen LogP contribution in [0.25, 0.3) is 0 Å². The van der Waals surface area contributed by atoms with Crippen molar-refractivity contribution in [2.24, 2.45) is 0 Å². The van der Waals surface area contributed by atoms with Crippen LogP contribution < -0.4 is 5.32 Å². The Balaban J connectivity index is 1.63. The Morgan fingerprint density at radius 1 is 1.22 bits per heavy atom. The molecule has 0 spiro atoms. The van der Waals surface area contributed by atoms with Crippen molar-refractivity contribution >= 4 is 39.1 Å². The van der Waals surface area contributed by atoms with Crippen LogP contribution in [0.4, 0.5) is 5.69 Å². The van der Waals surface area contributed by atoms with Crippen LogP contribution in [-0.4, -0.2) is 25.5 Å². The Hall–Kier alpha value is -2.12. The van der Waals surface area contributed by atoms with Gasteiger partial charge < -0.3 is 5.32 Å². The van der Waals surface area contributed by atoms with E-state index in [0.29, 0.717) is 11.6 Å². The maximum Gasteiger partial charge on any atom is 0.246 e. The number of amides is 1. The number of carbonyl (C=O) groups is 1. The predicted molar refractivity (Wildman–Crippen MR) is 91.3 cm³/mol. The molecule has 3 rings (SSSR count). The van der Waals surface area contributed by atoms with Gasteiger partial charge in [0.2, 0.25) is 5.91 Å². The molecule has 6 nitrogen and oxygen atoms in total. The Bertz CT molecular complexity index is 829. The summed E-state index contributed by atoms with van der Waals surface area (Å²) in [5.74, 6) is -0.163. The summed E-state index contributed by atoms with van der Waals surface area (Å²) < 4.78 is 4.24. The lowest BCUT2D eigenvalue weighted by atomic mass is 10.2. The minimum atomic E-state index is -0.163. The fraction of sp³-hybridized carbons (Fsp3) is 0.133. The number of halogens is 2. The van der Waals surface area contributed by atoms with Gasteiger partial charge in [0.15, 0.2) is 0 Å². The molecule has 0 aliphatic rings. The van der Waals surface area contributed by atoms with Crippen LogP contribution in [-0.2, 0) is 17.9 Å². The van der Waals surface area contributed by atoms with Crippen molar-refractivity contribution in [3.63, 3.8) is 0 Å². The minimum Gasteiger partial charge on any atom is -0.324 e. The van der Waals surface area contributed by atoms with Crippen molar-refractivity contribution in [2.45, 2.75) is 13.1 Å². The molecule has 0 saturated carbocycles. The second-order valence-electron chi connectivity index (χ2n) is 4.96. The van der Waals surface area contributed by atoms with Crippen LogP contribution in [0.2, 0.25) is 5.02 Å². The summed E-state index contributed by atoms with van der Waals surface area (Å²) in [4.78, 5) is 12.0. The molecule has 2 aromatic heterocycles. The molecule has 0 aliphatic heterocycles. The van der Waals surface area contributed by atoms with Gasteiger partial charge in [-0.15, -0.1) is 0 Å². The molecule has 0 bridgehead atoms. The molecular weight excluding hydrogens is 382 g/mol. The van der Waals surface area contributed by atoms with Gasteiger partial charge in [-0.2, -0.15) is 10.2 Å². The van der Waals surface area contributed by atoms with Crippen molar-refractivity contribution in [1.29, 1.82) is 0 Å². The van der Waals surface area contributed by atoms with E-state index in [0.717, 1.165) is 15.7 Å². The number of nitrogens with one attached hydrogen (secondary N) is 1. The van der Waals surface area contributed by atoms with E-state index < -0.39 is 0 Å². The van der Waals surface area contributed by atoms with E-state index in [2.05, 4.69) is 31.4 Å². The summed E-state index contributed by atoms with van der Waals surface area (Å²) in [6, 6.07) is 7.65. The van der Waals surface area contributed by atoms with Gasteiger partial charge in [-0.05, 0) is 33.6 Å². The van der Waals surface area contributed by atoms with Crippen LogP contribution in [0, 0.1) is 0 Å². The lowest BCUT2D eigenvalue weighted by molar-refractivity contribution is -0.116. The summed E-state index contributed by atoms with van der Waals surface area (Å²) in [5, 5.41) is 11.6. The van der Waals surface area contributed by atoms with Crippen LogP contribution in [0.5, 0.6) is 0 Å². The third-order valence-electron chi connectivity index (χ3n) is 3.06. The number of aromatic nitrogens is 4. The molecule has 0 atom stereocenters. The topological polar surface area (TPSA) is 64.7 Å². The van der Waals surface area contributed by atoms with Crippen molar-refractivity contribution in [2.75, 3.05) is 5.32 Å².